The summed E-state index contributed by atoms with van der Waals surface area (Å²) in [7, 11) is 0. The van der Waals surface area contributed by atoms with E-state index in [-0.39, 0.29) is 18.9 Å². The molecule has 24 heavy (non-hydrogen) atoms. The van der Waals surface area contributed by atoms with Crippen molar-refractivity contribution in [2.45, 2.75) is 13.3 Å². The van der Waals surface area contributed by atoms with Crippen molar-refractivity contribution in [1.29, 1.82) is 0 Å². The van der Waals surface area contributed by atoms with E-state index in [1.807, 2.05) is 49.4 Å². The van der Waals surface area contributed by atoms with Crippen LogP contribution in [0, 0.1) is 6.92 Å². The number of aromatic amines is 1. The molecule has 0 bridgehead atoms. The zero-order valence-corrected chi connectivity index (χ0v) is 13.3. The maximum Gasteiger partial charge on any atom is 0.310 e. The van der Waals surface area contributed by atoms with Crippen LogP contribution < -0.4 is 5.32 Å². The van der Waals surface area contributed by atoms with Crippen LogP contribution in [0.1, 0.15) is 11.1 Å². The van der Waals surface area contributed by atoms with Crippen LogP contribution in [0.15, 0.2) is 54.7 Å². The third-order valence-electron chi connectivity index (χ3n) is 3.79. The van der Waals surface area contributed by atoms with E-state index in [4.69, 9.17) is 4.74 Å². The Morgan fingerprint density at radius 2 is 1.83 bits per heavy atom. The van der Waals surface area contributed by atoms with Gasteiger partial charge in [-0.05, 0) is 30.2 Å². The Bertz CT molecular complexity index is 883. The molecule has 0 radical (unpaired) electrons. The number of anilines is 1. The van der Waals surface area contributed by atoms with Crippen LogP contribution >= 0.6 is 0 Å². The number of ether oxygens (including phenoxy) is 1. The minimum atomic E-state index is -0.431. The Morgan fingerprint density at radius 3 is 2.67 bits per heavy atom. The molecular formula is C19H18N2O3. The Balaban J connectivity index is 1.54. The van der Waals surface area contributed by atoms with E-state index in [0.717, 1.165) is 27.7 Å². The van der Waals surface area contributed by atoms with Crippen molar-refractivity contribution in [2.24, 2.45) is 0 Å². The van der Waals surface area contributed by atoms with E-state index in [2.05, 4.69) is 10.3 Å². The third-order valence-corrected chi connectivity index (χ3v) is 3.79. The molecular weight excluding hydrogens is 304 g/mol. The van der Waals surface area contributed by atoms with Gasteiger partial charge < -0.3 is 15.0 Å². The lowest BCUT2D eigenvalue weighted by atomic mass is 10.1. The Morgan fingerprint density at radius 1 is 1.08 bits per heavy atom. The van der Waals surface area contributed by atoms with E-state index in [1.165, 1.54) is 0 Å². The Kier molecular flexibility index (Phi) is 4.61. The second kappa shape index (κ2) is 7.00. The summed E-state index contributed by atoms with van der Waals surface area (Å²) in [4.78, 5) is 27.0. The highest BCUT2D eigenvalue weighted by Crippen LogP contribution is 2.18. The van der Waals surface area contributed by atoms with E-state index >= 15 is 0 Å². The first-order chi connectivity index (χ1) is 11.6. The van der Waals surface area contributed by atoms with Crippen molar-refractivity contribution in [2.75, 3.05) is 11.9 Å². The van der Waals surface area contributed by atoms with Crippen molar-refractivity contribution >= 4 is 28.5 Å². The summed E-state index contributed by atoms with van der Waals surface area (Å²) in [6.45, 7) is 1.61. The third kappa shape index (κ3) is 3.63. The number of aromatic nitrogens is 1. The number of carbonyl (C=O) groups is 2. The number of hydrogen-bond acceptors (Lipinski definition) is 3. The zero-order chi connectivity index (χ0) is 16.9. The van der Waals surface area contributed by atoms with E-state index in [0.29, 0.717) is 0 Å². The molecule has 0 saturated heterocycles. The predicted octanol–water partition coefficient (Wildman–Crippen LogP) is 3.20. The number of H-pyrrole nitrogens is 1. The molecule has 122 valence electrons. The number of rotatable bonds is 5. The van der Waals surface area contributed by atoms with Gasteiger partial charge in [0.1, 0.15) is 0 Å². The molecule has 0 aliphatic carbocycles. The highest BCUT2D eigenvalue weighted by molar-refractivity contribution is 5.94. The standard InChI is InChI=1S/C19H18N2O3/c1-13-6-2-4-8-16(13)21-18(22)12-24-19(23)10-14-11-20-17-9-5-3-7-15(14)17/h2-9,11,20H,10,12H2,1H3,(H,21,22). The lowest BCUT2D eigenvalue weighted by molar-refractivity contribution is -0.146. The average molecular weight is 322 g/mol. The number of benzene rings is 2. The first-order valence-corrected chi connectivity index (χ1v) is 7.69. The maximum atomic E-state index is 12.0. The molecule has 1 heterocycles. The molecule has 2 aromatic carbocycles. The monoisotopic (exact) mass is 322 g/mol. The molecule has 5 nitrogen and oxygen atoms in total. The minimum absolute atomic E-state index is 0.127. The fraction of sp³-hybridized carbons (Fsp3) is 0.158. The van der Waals surface area contributed by atoms with Crippen LogP contribution in [0.2, 0.25) is 0 Å². The molecule has 1 amide bonds. The van der Waals surface area contributed by atoms with Crippen LogP contribution in [0.5, 0.6) is 0 Å². The largest absolute Gasteiger partial charge is 0.455 e. The van der Waals surface area contributed by atoms with Gasteiger partial charge in [0.05, 0.1) is 6.42 Å². The van der Waals surface area contributed by atoms with Gasteiger partial charge in [-0.25, -0.2) is 0 Å². The summed E-state index contributed by atoms with van der Waals surface area (Å²) in [5.41, 5.74) is 3.50. The number of para-hydroxylation sites is 2. The number of nitrogens with one attached hydrogen (secondary N) is 2. The van der Waals surface area contributed by atoms with Crippen LogP contribution in [0.4, 0.5) is 5.69 Å². The SMILES string of the molecule is Cc1ccccc1NC(=O)COC(=O)Cc1c[nH]c2ccccc12. The summed E-state index contributed by atoms with van der Waals surface area (Å²) in [6.07, 6.45) is 1.92. The van der Waals surface area contributed by atoms with E-state index in [9.17, 15) is 9.59 Å². The molecule has 3 aromatic rings. The summed E-state index contributed by atoms with van der Waals surface area (Å²) >= 11 is 0. The molecule has 0 fully saturated rings. The number of amides is 1. The fourth-order valence-corrected chi connectivity index (χ4v) is 2.53. The van der Waals surface area contributed by atoms with Gasteiger partial charge >= 0.3 is 5.97 Å². The highest BCUT2D eigenvalue weighted by atomic mass is 16.5. The average Bonchev–Trinajstić information content (AvgIpc) is 2.98. The molecule has 0 saturated carbocycles. The molecule has 3 rings (SSSR count). The minimum Gasteiger partial charge on any atom is -0.455 e. The second-order valence-electron chi connectivity index (χ2n) is 5.56. The molecule has 5 heteroatoms. The van der Waals surface area contributed by atoms with Crippen molar-refractivity contribution in [3.63, 3.8) is 0 Å². The number of hydrogen-bond donors (Lipinski definition) is 2. The molecule has 0 unspecified atom stereocenters. The molecule has 1 aromatic heterocycles. The summed E-state index contributed by atoms with van der Waals surface area (Å²) in [6, 6.07) is 15.2. The number of carbonyl (C=O) groups excluding carboxylic acids is 2. The number of aryl methyl sites for hydroxylation is 1. The van der Waals surface area contributed by atoms with Crippen LogP contribution in [0.25, 0.3) is 10.9 Å². The predicted molar refractivity (Wildman–Crippen MR) is 92.8 cm³/mol. The summed E-state index contributed by atoms with van der Waals surface area (Å²) < 4.78 is 5.07. The number of esters is 1. The van der Waals surface area contributed by atoms with Gasteiger partial charge in [-0.1, -0.05) is 36.4 Å². The molecule has 0 atom stereocenters. The second-order valence-corrected chi connectivity index (χ2v) is 5.56. The van der Waals surface area contributed by atoms with Crippen LogP contribution in [-0.4, -0.2) is 23.5 Å². The topological polar surface area (TPSA) is 71.2 Å². The first kappa shape index (κ1) is 15.8. The molecule has 0 spiro atoms. The van der Waals surface area contributed by atoms with Crippen molar-refractivity contribution in [3.8, 4) is 0 Å². The highest BCUT2D eigenvalue weighted by Gasteiger charge is 2.12. The number of fused-ring (bicyclic) bond motifs is 1. The summed E-state index contributed by atoms with van der Waals surface area (Å²) in [5, 5.41) is 3.72. The lowest BCUT2D eigenvalue weighted by Gasteiger charge is -2.08. The van der Waals surface area contributed by atoms with Crippen LogP contribution in [-0.2, 0) is 20.7 Å². The van der Waals surface area contributed by atoms with E-state index < -0.39 is 5.97 Å². The smallest absolute Gasteiger partial charge is 0.310 e. The van der Waals surface area contributed by atoms with Crippen molar-refractivity contribution < 1.29 is 14.3 Å². The zero-order valence-electron chi connectivity index (χ0n) is 13.3. The first-order valence-electron chi connectivity index (χ1n) is 7.69. The molecule has 2 N–H and O–H groups in total. The van der Waals surface area contributed by atoms with Gasteiger partial charge in [-0.3, -0.25) is 9.59 Å². The van der Waals surface area contributed by atoms with Gasteiger partial charge in [0.15, 0.2) is 6.61 Å². The lowest BCUT2D eigenvalue weighted by Crippen LogP contribution is -2.22. The van der Waals surface area contributed by atoms with Gasteiger partial charge in [0, 0.05) is 22.8 Å². The van der Waals surface area contributed by atoms with Gasteiger partial charge in [0.25, 0.3) is 5.91 Å². The van der Waals surface area contributed by atoms with Crippen LogP contribution in [0.3, 0.4) is 0 Å². The summed E-state index contributed by atoms with van der Waals surface area (Å²) in [5.74, 6) is -0.781. The van der Waals surface area contributed by atoms with Gasteiger partial charge in [0.2, 0.25) is 0 Å². The molecule has 0 aliphatic heterocycles. The maximum absolute atomic E-state index is 12.0. The Hall–Kier alpha value is -3.08. The van der Waals surface area contributed by atoms with Crippen molar-refractivity contribution in [1.82, 2.24) is 4.98 Å². The van der Waals surface area contributed by atoms with Gasteiger partial charge in [-0.15, -0.1) is 0 Å². The normalized spacial score (nSPS) is 10.5. The van der Waals surface area contributed by atoms with Crippen molar-refractivity contribution in [3.05, 3.63) is 65.9 Å². The van der Waals surface area contributed by atoms with Gasteiger partial charge in [-0.2, -0.15) is 0 Å². The fourth-order valence-electron chi connectivity index (χ4n) is 2.53. The van der Waals surface area contributed by atoms with E-state index in [1.54, 1.807) is 12.3 Å². The molecule has 0 aliphatic rings. The quantitative estimate of drug-likeness (QED) is 0.709. The Labute approximate surface area is 139 Å².